The molecule has 0 fully saturated rings. The highest BCUT2D eigenvalue weighted by Crippen LogP contribution is 2.27. The first-order valence-corrected chi connectivity index (χ1v) is 6.90. The number of ether oxygens (including phenoxy) is 1. The van der Waals surface area contributed by atoms with Crippen LogP contribution in [0.1, 0.15) is 24.1 Å². The summed E-state index contributed by atoms with van der Waals surface area (Å²) in [7, 11) is 3.62. The van der Waals surface area contributed by atoms with Crippen molar-refractivity contribution < 1.29 is 9.13 Å². The normalized spacial score (nSPS) is 12.0. The summed E-state index contributed by atoms with van der Waals surface area (Å²) in [5, 5.41) is 0. The number of rotatable bonds is 5. The van der Waals surface area contributed by atoms with Crippen LogP contribution in [0.15, 0.2) is 42.5 Å². The quantitative estimate of drug-likeness (QED) is 0.915. The fraction of sp³-hybridized carbons (Fsp3) is 0.294. The Morgan fingerprint density at radius 1 is 1.24 bits per heavy atom. The van der Waals surface area contributed by atoms with Gasteiger partial charge in [0, 0.05) is 25.3 Å². The van der Waals surface area contributed by atoms with Gasteiger partial charge >= 0.3 is 0 Å². The number of halogens is 1. The molecular weight excluding hydrogens is 267 g/mol. The summed E-state index contributed by atoms with van der Waals surface area (Å²) in [6.07, 6.45) is 0. The number of anilines is 1. The van der Waals surface area contributed by atoms with Crippen molar-refractivity contribution in [1.29, 1.82) is 0 Å². The van der Waals surface area contributed by atoms with Crippen molar-refractivity contribution in [3.8, 4) is 5.75 Å². The summed E-state index contributed by atoms with van der Waals surface area (Å²) in [5.41, 5.74) is 8.81. The molecule has 0 aliphatic rings. The molecule has 1 atom stereocenters. The molecule has 0 aromatic heterocycles. The van der Waals surface area contributed by atoms with Gasteiger partial charge in [-0.2, -0.15) is 0 Å². The Morgan fingerprint density at radius 2 is 2.00 bits per heavy atom. The third kappa shape index (κ3) is 3.73. The second kappa shape index (κ2) is 6.59. The molecule has 0 saturated carbocycles. The second-order valence-corrected chi connectivity index (χ2v) is 5.20. The minimum Gasteiger partial charge on any atom is -0.497 e. The van der Waals surface area contributed by atoms with Gasteiger partial charge in [-0.15, -0.1) is 0 Å². The average Bonchev–Trinajstić information content (AvgIpc) is 2.47. The predicted molar refractivity (Wildman–Crippen MR) is 84.1 cm³/mol. The standard InChI is InChI=1S/C17H21FN2O/c1-12(19)16-10-14(18)7-8-17(16)20(2)11-13-5-4-6-15(9-13)21-3/h4-10,12H,11,19H2,1-3H3/t12-/m0/s1. The monoisotopic (exact) mass is 288 g/mol. The van der Waals surface area contributed by atoms with E-state index >= 15 is 0 Å². The van der Waals surface area contributed by atoms with E-state index in [2.05, 4.69) is 4.90 Å². The molecular formula is C17H21FN2O. The first-order chi connectivity index (χ1) is 10.0. The van der Waals surface area contributed by atoms with E-state index in [0.717, 1.165) is 22.6 Å². The van der Waals surface area contributed by atoms with E-state index in [1.807, 2.05) is 38.2 Å². The highest BCUT2D eigenvalue weighted by Gasteiger charge is 2.12. The molecule has 0 bridgehead atoms. The number of nitrogens with zero attached hydrogens (tertiary/aromatic N) is 1. The predicted octanol–water partition coefficient (Wildman–Crippen LogP) is 3.49. The fourth-order valence-corrected chi connectivity index (χ4v) is 2.37. The molecule has 0 spiro atoms. The van der Waals surface area contributed by atoms with Crippen LogP contribution >= 0.6 is 0 Å². The van der Waals surface area contributed by atoms with Crippen molar-refractivity contribution in [3.05, 3.63) is 59.4 Å². The van der Waals surface area contributed by atoms with E-state index in [0.29, 0.717) is 6.54 Å². The van der Waals surface area contributed by atoms with E-state index in [-0.39, 0.29) is 11.9 Å². The number of nitrogens with two attached hydrogens (primary N) is 1. The Kier molecular flexibility index (Phi) is 4.81. The van der Waals surface area contributed by atoms with Crippen LogP contribution in [0.4, 0.5) is 10.1 Å². The first-order valence-electron chi connectivity index (χ1n) is 6.90. The van der Waals surface area contributed by atoms with Crippen molar-refractivity contribution in [2.45, 2.75) is 19.5 Å². The largest absolute Gasteiger partial charge is 0.497 e. The number of benzene rings is 2. The minimum absolute atomic E-state index is 0.219. The summed E-state index contributed by atoms with van der Waals surface area (Å²) in [5.74, 6) is 0.563. The zero-order chi connectivity index (χ0) is 15.4. The summed E-state index contributed by atoms with van der Waals surface area (Å²) >= 11 is 0. The van der Waals surface area contributed by atoms with Crippen molar-refractivity contribution in [3.63, 3.8) is 0 Å². The summed E-state index contributed by atoms with van der Waals surface area (Å²) < 4.78 is 18.6. The van der Waals surface area contributed by atoms with Gasteiger partial charge in [0.2, 0.25) is 0 Å². The van der Waals surface area contributed by atoms with Crippen LogP contribution in [0, 0.1) is 5.82 Å². The van der Waals surface area contributed by atoms with E-state index in [4.69, 9.17) is 10.5 Å². The molecule has 0 radical (unpaired) electrons. The average molecular weight is 288 g/mol. The van der Waals surface area contributed by atoms with Crippen LogP contribution < -0.4 is 15.4 Å². The second-order valence-electron chi connectivity index (χ2n) is 5.20. The maximum atomic E-state index is 13.4. The third-order valence-corrected chi connectivity index (χ3v) is 3.45. The molecule has 2 rings (SSSR count). The summed E-state index contributed by atoms with van der Waals surface area (Å²) in [6.45, 7) is 2.56. The summed E-state index contributed by atoms with van der Waals surface area (Å²) in [6, 6.07) is 12.4. The topological polar surface area (TPSA) is 38.5 Å². The van der Waals surface area contributed by atoms with Crippen molar-refractivity contribution in [2.24, 2.45) is 5.73 Å². The van der Waals surface area contributed by atoms with Crippen LogP contribution in [0.3, 0.4) is 0 Å². The van der Waals surface area contributed by atoms with E-state index in [1.54, 1.807) is 13.2 Å². The molecule has 0 unspecified atom stereocenters. The Bertz CT molecular complexity index is 613. The van der Waals surface area contributed by atoms with Crippen LogP contribution in [0.5, 0.6) is 5.75 Å². The molecule has 0 heterocycles. The molecule has 3 nitrogen and oxygen atoms in total. The van der Waals surface area contributed by atoms with Crippen LogP contribution in [0.2, 0.25) is 0 Å². The molecule has 21 heavy (non-hydrogen) atoms. The third-order valence-electron chi connectivity index (χ3n) is 3.45. The lowest BCUT2D eigenvalue weighted by molar-refractivity contribution is 0.414. The molecule has 2 aromatic carbocycles. The van der Waals surface area contributed by atoms with Crippen molar-refractivity contribution >= 4 is 5.69 Å². The zero-order valence-electron chi connectivity index (χ0n) is 12.6. The highest BCUT2D eigenvalue weighted by molar-refractivity contribution is 5.55. The van der Waals surface area contributed by atoms with Crippen LogP contribution in [-0.2, 0) is 6.54 Å². The van der Waals surface area contributed by atoms with Gasteiger partial charge < -0.3 is 15.4 Å². The Balaban J connectivity index is 2.25. The van der Waals surface area contributed by atoms with E-state index < -0.39 is 0 Å². The maximum Gasteiger partial charge on any atom is 0.123 e. The van der Waals surface area contributed by atoms with Gasteiger partial charge in [0.25, 0.3) is 0 Å². The van der Waals surface area contributed by atoms with Crippen LogP contribution in [0.25, 0.3) is 0 Å². The molecule has 0 saturated heterocycles. The summed E-state index contributed by atoms with van der Waals surface area (Å²) in [4.78, 5) is 2.06. The van der Waals surface area contributed by atoms with Gasteiger partial charge in [-0.1, -0.05) is 12.1 Å². The Hall–Kier alpha value is -2.07. The van der Waals surface area contributed by atoms with Crippen LogP contribution in [-0.4, -0.2) is 14.2 Å². The van der Waals surface area contributed by atoms with Crippen molar-refractivity contribution in [2.75, 3.05) is 19.1 Å². The molecule has 4 heteroatoms. The molecule has 0 aliphatic carbocycles. The van der Waals surface area contributed by atoms with Gasteiger partial charge in [-0.25, -0.2) is 4.39 Å². The maximum absolute atomic E-state index is 13.4. The van der Waals surface area contributed by atoms with E-state index in [9.17, 15) is 4.39 Å². The fourth-order valence-electron chi connectivity index (χ4n) is 2.37. The number of hydrogen-bond acceptors (Lipinski definition) is 3. The Labute approximate surface area is 125 Å². The lowest BCUT2D eigenvalue weighted by Crippen LogP contribution is -2.20. The molecule has 112 valence electrons. The lowest BCUT2D eigenvalue weighted by atomic mass is 10.1. The van der Waals surface area contributed by atoms with E-state index in [1.165, 1.54) is 12.1 Å². The lowest BCUT2D eigenvalue weighted by Gasteiger charge is -2.24. The van der Waals surface area contributed by atoms with Gasteiger partial charge in [0.1, 0.15) is 11.6 Å². The van der Waals surface area contributed by atoms with Gasteiger partial charge in [-0.3, -0.25) is 0 Å². The molecule has 2 N–H and O–H groups in total. The first kappa shape index (κ1) is 15.3. The molecule has 0 amide bonds. The van der Waals surface area contributed by atoms with Gasteiger partial charge in [0.15, 0.2) is 0 Å². The molecule has 2 aromatic rings. The Morgan fingerprint density at radius 3 is 2.67 bits per heavy atom. The number of hydrogen-bond donors (Lipinski definition) is 1. The number of methoxy groups -OCH3 is 1. The SMILES string of the molecule is COc1cccc(CN(C)c2ccc(F)cc2[C@H](C)N)c1. The minimum atomic E-state index is -0.263. The van der Waals surface area contributed by atoms with Gasteiger partial charge in [0.05, 0.1) is 7.11 Å². The van der Waals surface area contributed by atoms with Crippen molar-refractivity contribution in [1.82, 2.24) is 0 Å². The smallest absolute Gasteiger partial charge is 0.123 e. The molecule has 0 aliphatic heterocycles. The highest BCUT2D eigenvalue weighted by atomic mass is 19.1. The van der Waals surface area contributed by atoms with Gasteiger partial charge in [-0.05, 0) is 48.4 Å². The zero-order valence-corrected chi connectivity index (χ0v) is 12.6.